The van der Waals surface area contributed by atoms with E-state index >= 15 is 0 Å². The zero-order chi connectivity index (χ0) is 16.0. The molecule has 1 unspecified atom stereocenters. The Morgan fingerprint density at radius 3 is 2.24 bits per heavy atom. The molecule has 0 aliphatic heterocycles. The average Bonchev–Trinajstić information content (AvgIpc) is 2.39. The van der Waals surface area contributed by atoms with E-state index in [2.05, 4.69) is 15.6 Å². The van der Waals surface area contributed by atoms with E-state index < -0.39 is 17.7 Å². The van der Waals surface area contributed by atoms with Crippen LogP contribution in [0.2, 0.25) is 0 Å². The summed E-state index contributed by atoms with van der Waals surface area (Å²) in [7, 11) is 5.24. The van der Waals surface area contributed by atoms with Gasteiger partial charge in [0.05, 0.1) is 6.04 Å². The molecule has 1 aromatic carbocycles. The lowest BCUT2D eigenvalue weighted by atomic mass is 10.0. The molecule has 0 amide bonds. The van der Waals surface area contributed by atoms with Crippen molar-refractivity contribution in [3.63, 3.8) is 0 Å². The molecule has 21 heavy (non-hydrogen) atoms. The molecule has 0 aliphatic carbocycles. The van der Waals surface area contributed by atoms with Crippen molar-refractivity contribution in [3.8, 4) is 0 Å². The highest BCUT2D eigenvalue weighted by molar-refractivity contribution is 5.79. The number of hydrogen-bond acceptors (Lipinski definition) is 2. The second-order valence-corrected chi connectivity index (χ2v) is 5.37. The summed E-state index contributed by atoms with van der Waals surface area (Å²) in [6, 6.07) is 3.70. The van der Waals surface area contributed by atoms with Gasteiger partial charge in [0, 0.05) is 25.2 Å². The van der Waals surface area contributed by atoms with Crippen molar-refractivity contribution in [3.05, 3.63) is 35.4 Å². The van der Waals surface area contributed by atoms with Crippen LogP contribution < -0.4 is 10.6 Å². The molecule has 2 N–H and O–H groups in total. The van der Waals surface area contributed by atoms with Crippen molar-refractivity contribution in [2.45, 2.75) is 25.9 Å². The lowest BCUT2D eigenvalue weighted by molar-refractivity contribution is 0.282. The van der Waals surface area contributed by atoms with E-state index in [-0.39, 0.29) is 11.6 Å². The maximum absolute atomic E-state index is 13.9. The van der Waals surface area contributed by atoms with Gasteiger partial charge in [0.25, 0.3) is 0 Å². The smallest absolute Gasteiger partial charge is 0.191 e. The molecule has 0 heterocycles. The number of nitrogens with one attached hydrogen (secondary N) is 2. The zero-order valence-electron chi connectivity index (χ0n) is 13.2. The van der Waals surface area contributed by atoms with E-state index in [4.69, 9.17) is 0 Å². The van der Waals surface area contributed by atoms with Crippen LogP contribution in [0.1, 0.15) is 25.5 Å². The fraction of sp³-hybridized carbons (Fsp3) is 0.533. The lowest BCUT2D eigenvalue weighted by Crippen LogP contribution is -2.44. The van der Waals surface area contributed by atoms with E-state index in [1.807, 2.05) is 13.8 Å². The topological polar surface area (TPSA) is 39.7 Å². The predicted molar refractivity (Wildman–Crippen MR) is 82.4 cm³/mol. The highest BCUT2D eigenvalue weighted by Gasteiger charge is 2.22. The second-order valence-electron chi connectivity index (χ2n) is 5.37. The van der Waals surface area contributed by atoms with Crippen LogP contribution in [0.3, 0.4) is 0 Å². The van der Waals surface area contributed by atoms with E-state index in [0.29, 0.717) is 12.5 Å². The molecular weight excluding hydrogens is 274 g/mol. The number of nitrogens with zero attached hydrogens (tertiary/aromatic N) is 2. The molecular formula is C15H24F2N4. The molecule has 0 saturated heterocycles. The first-order chi connectivity index (χ1) is 9.86. The van der Waals surface area contributed by atoms with Crippen molar-refractivity contribution >= 4 is 5.96 Å². The summed E-state index contributed by atoms with van der Waals surface area (Å²) < 4.78 is 27.9. The third-order valence-electron chi connectivity index (χ3n) is 3.07. The van der Waals surface area contributed by atoms with E-state index in [1.54, 1.807) is 26.0 Å². The van der Waals surface area contributed by atoms with Crippen molar-refractivity contribution in [2.24, 2.45) is 4.99 Å². The molecule has 6 heteroatoms. The van der Waals surface area contributed by atoms with Gasteiger partial charge in [0.15, 0.2) is 5.96 Å². The molecule has 0 saturated carbocycles. The molecule has 0 aliphatic rings. The van der Waals surface area contributed by atoms with Crippen LogP contribution in [0.15, 0.2) is 23.2 Å². The first-order valence-electron chi connectivity index (χ1n) is 6.94. The summed E-state index contributed by atoms with van der Waals surface area (Å²) in [6.07, 6.45) is 0. The molecule has 0 bridgehead atoms. The first kappa shape index (κ1) is 17.4. The molecule has 1 aromatic rings. The van der Waals surface area contributed by atoms with Gasteiger partial charge in [0.2, 0.25) is 0 Å². The minimum absolute atomic E-state index is 0.0648. The number of likely N-dealkylation sites (N-methyl/N-ethyl adjacent to an activating group) is 1. The van der Waals surface area contributed by atoms with Crippen LogP contribution in [0.25, 0.3) is 0 Å². The number of halogens is 2. The van der Waals surface area contributed by atoms with Gasteiger partial charge in [-0.05, 0) is 40.1 Å². The largest absolute Gasteiger partial charge is 0.354 e. The van der Waals surface area contributed by atoms with Gasteiger partial charge in [-0.1, -0.05) is 6.07 Å². The number of guanidine groups is 1. The normalized spacial score (nSPS) is 13.7. The zero-order valence-corrected chi connectivity index (χ0v) is 13.2. The van der Waals surface area contributed by atoms with Crippen LogP contribution in [-0.4, -0.2) is 44.6 Å². The third kappa shape index (κ3) is 4.97. The summed E-state index contributed by atoms with van der Waals surface area (Å²) >= 11 is 0. The van der Waals surface area contributed by atoms with Gasteiger partial charge >= 0.3 is 0 Å². The SMILES string of the molecule is CN=C(NCC(c1c(F)cccc1F)N(C)C)NC(C)C. The Bertz CT molecular complexity index is 466. The van der Waals surface area contributed by atoms with Crippen molar-refractivity contribution in [1.82, 2.24) is 15.5 Å². The first-order valence-corrected chi connectivity index (χ1v) is 6.94. The van der Waals surface area contributed by atoms with Crippen molar-refractivity contribution < 1.29 is 8.78 Å². The predicted octanol–water partition coefficient (Wildman–Crippen LogP) is 2.14. The van der Waals surface area contributed by atoms with Gasteiger partial charge in [-0.3, -0.25) is 4.99 Å². The van der Waals surface area contributed by atoms with Gasteiger partial charge in [-0.2, -0.15) is 0 Å². The summed E-state index contributed by atoms with van der Waals surface area (Å²) in [5.41, 5.74) is 0.0648. The minimum Gasteiger partial charge on any atom is -0.354 e. The van der Waals surface area contributed by atoms with Gasteiger partial charge < -0.3 is 15.5 Å². The highest BCUT2D eigenvalue weighted by Crippen LogP contribution is 2.23. The Labute approximate surface area is 125 Å². The summed E-state index contributed by atoms with van der Waals surface area (Å²) in [5.74, 6) is -0.474. The maximum Gasteiger partial charge on any atom is 0.191 e. The van der Waals surface area contributed by atoms with Crippen molar-refractivity contribution in [1.29, 1.82) is 0 Å². The van der Waals surface area contributed by atoms with E-state index in [1.165, 1.54) is 18.2 Å². The van der Waals surface area contributed by atoms with Gasteiger partial charge in [0.1, 0.15) is 11.6 Å². The van der Waals surface area contributed by atoms with Crippen molar-refractivity contribution in [2.75, 3.05) is 27.7 Å². The Morgan fingerprint density at radius 1 is 1.24 bits per heavy atom. The second kappa shape index (κ2) is 7.93. The minimum atomic E-state index is -0.540. The van der Waals surface area contributed by atoms with Crippen LogP contribution in [0.5, 0.6) is 0 Å². The van der Waals surface area contributed by atoms with E-state index in [0.717, 1.165) is 0 Å². The molecule has 1 atom stereocenters. The molecule has 0 aromatic heterocycles. The van der Waals surface area contributed by atoms with Crippen LogP contribution in [0.4, 0.5) is 8.78 Å². The summed E-state index contributed by atoms with van der Waals surface area (Å²) in [4.78, 5) is 5.86. The van der Waals surface area contributed by atoms with Crippen LogP contribution in [-0.2, 0) is 0 Å². The Balaban J connectivity index is 2.89. The fourth-order valence-electron chi connectivity index (χ4n) is 2.03. The number of hydrogen-bond donors (Lipinski definition) is 2. The fourth-order valence-corrected chi connectivity index (χ4v) is 2.03. The highest BCUT2D eigenvalue weighted by atomic mass is 19.1. The summed E-state index contributed by atoms with van der Waals surface area (Å²) in [5, 5.41) is 6.24. The monoisotopic (exact) mass is 298 g/mol. The molecule has 0 fully saturated rings. The van der Waals surface area contributed by atoms with Crippen LogP contribution in [0, 0.1) is 11.6 Å². The number of aliphatic imine (C=N–C) groups is 1. The molecule has 4 nitrogen and oxygen atoms in total. The molecule has 0 spiro atoms. The maximum atomic E-state index is 13.9. The standard InChI is InChI=1S/C15H24F2N4/c1-10(2)20-15(18-3)19-9-13(21(4)5)14-11(16)7-6-8-12(14)17/h6-8,10,13H,9H2,1-5H3,(H2,18,19,20). The molecule has 1 rings (SSSR count). The van der Waals surface area contributed by atoms with E-state index in [9.17, 15) is 8.78 Å². The average molecular weight is 298 g/mol. The third-order valence-corrected chi connectivity index (χ3v) is 3.07. The Hall–Kier alpha value is -1.69. The Morgan fingerprint density at radius 2 is 1.81 bits per heavy atom. The van der Waals surface area contributed by atoms with Gasteiger partial charge in [-0.15, -0.1) is 0 Å². The van der Waals surface area contributed by atoms with Gasteiger partial charge in [-0.25, -0.2) is 8.78 Å². The quantitative estimate of drug-likeness (QED) is 0.646. The number of benzene rings is 1. The summed E-state index contributed by atoms with van der Waals surface area (Å²) in [6.45, 7) is 4.33. The van der Waals surface area contributed by atoms with Crippen LogP contribution >= 0.6 is 0 Å². The molecule has 0 radical (unpaired) electrons. The molecule has 118 valence electrons. The number of rotatable bonds is 5. The Kier molecular flexibility index (Phi) is 6.55. The lowest BCUT2D eigenvalue weighted by Gasteiger charge is -2.27.